The highest BCUT2D eigenvalue weighted by Crippen LogP contribution is 2.32. The van der Waals surface area contributed by atoms with E-state index in [2.05, 4.69) is 37.4 Å². The van der Waals surface area contributed by atoms with Gasteiger partial charge < -0.3 is 29.9 Å². The van der Waals surface area contributed by atoms with Crippen LogP contribution in [0.25, 0.3) is 10.9 Å². The van der Waals surface area contributed by atoms with Gasteiger partial charge in [-0.2, -0.15) is 0 Å². The van der Waals surface area contributed by atoms with Crippen molar-refractivity contribution in [2.45, 2.75) is 26.4 Å². The number of carbonyl (C=O) groups excluding carboxylic acids is 2. The number of carbonyl (C=O) groups is 2. The van der Waals surface area contributed by atoms with Crippen LogP contribution in [-0.4, -0.2) is 77.4 Å². The van der Waals surface area contributed by atoms with Crippen LogP contribution in [0, 0.1) is 0 Å². The van der Waals surface area contributed by atoms with Crippen LogP contribution in [0.5, 0.6) is 5.88 Å². The van der Waals surface area contributed by atoms with Gasteiger partial charge in [-0.15, -0.1) is 0 Å². The fourth-order valence-electron chi connectivity index (χ4n) is 4.71. The molecule has 0 unspecified atom stereocenters. The Hall–Kier alpha value is -4.64. The fourth-order valence-corrected chi connectivity index (χ4v) is 4.71. The van der Waals surface area contributed by atoms with E-state index < -0.39 is 11.7 Å². The Morgan fingerprint density at radius 2 is 1.68 bits per heavy atom. The van der Waals surface area contributed by atoms with Crippen LogP contribution in [0.2, 0.25) is 0 Å². The number of piperazine rings is 1. The summed E-state index contributed by atoms with van der Waals surface area (Å²) in [6.45, 7) is 9.40. The van der Waals surface area contributed by atoms with Gasteiger partial charge in [0.05, 0.1) is 36.4 Å². The average molecular weight is 558 g/mol. The number of anilines is 4. The monoisotopic (exact) mass is 557 g/mol. The smallest absolute Gasteiger partial charge is 0.419 e. The van der Waals surface area contributed by atoms with Crippen LogP contribution in [0.4, 0.5) is 27.5 Å². The number of fused-ring (bicyclic) bond motifs is 1. The van der Waals surface area contributed by atoms with Gasteiger partial charge in [0.25, 0.3) is 5.91 Å². The van der Waals surface area contributed by atoms with Gasteiger partial charge in [-0.3, -0.25) is 14.3 Å². The number of ether oxygens (including phenoxy) is 2. The summed E-state index contributed by atoms with van der Waals surface area (Å²) in [6, 6.07) is 11.3. The van der Waals surface area contributed by atoms with Crippen LogP contribution < -0.4 is 20.3 Å². The van der Waals surface area contributed by atoms with Crippen LogP contribution in [0.1, 0.15) is 31.1 Å². The summed E-state index contributed by atoms with van der Waals surface area (Å²) in [5.74, 6) is -0.204. The Morgan fingerprint density at radius 3 is 2.37 bits per heavy atom. The van der Waals surface area contributed by atoms with Gasteiger partial charge in [-0.05, 0) is 64.2 Å². The number of pyridine rings is 2. The summed E-state index contributed by atoms with van der Waals surface area (Å²) in [5.41, 5.74) is 3.02. The minimum Gasteiger partial charge on any atom is -0.480 e. The molecule has 0 atom stereocenters. The van der Waals surface area contributed by atoms with Crippen molar-refractivity contribution >= 4 is 45.7 Å². The van der Waals surface area contributed by atoms with Crippen LogP contribution in [0.15, 0.2) is 61.2 Å². The van der Waals surface area contributed by atoms with E-state index in [0.717, 1.165) is 37.3 Å². The van der Waals surface area contributed by atoms with Crippen molar-refractivity contribution in [1.82, 2.24) is 19.4 Å². The number of amides is 1. The second-order valence-electron chi connectivity index (χ2n) is 10.9. The van der Waals surface area contributed by atoms with Crippen molar-refractivity contribution in [3.05, 3.63) is 66.7 Å². The molecule has 0 spiro atoms. The zero-order valence-corrected chi connectivity index (χ0v) is 24.0. The molecule has 5 rings (SSSR count). The first-order valence-corrected chi connectivity index (χ1v) is 13.5. The fraction of sp³-hybridized carbons (Fsp3) is 0.333. The summed E-state index contributed by atoms with van der Waals surface area (Å²) in [6.07, 6.45) is 5.92. The Bertz CT molecular complexity index is 1550. The molecule has 2 N–H and O–H groups in total. The summed E-state index contributed by atoms with van der Waals surface area (Å²) < 4.78 is 12.4. The van der Waals surface area contributed by atoms with E-state index in [9.17, 15) is 9.59 Å². The molecule has 1 aliphatic rings. The van der Waals surface area contributed by atoms with Crippen LogP contribution in [-0.2, 0) is 4.74 Å². The highest BCUT2D eigenvalue weighted by atomic mass is 16.6. The number of hydrogen-bond donors (Lipinski definition) is 2. The van der Waals surface area contributed by atoms with E-state index in [1.807, 2.05) is 45.0 Å². The van der Waals surface area contributed by atoms with Crippen LogP contribution >= 0.6 is 0 Å². The van der Waals surface area contributed by atoms with Gasteiger partial charge in [0.15, 0.2) is 0 Å². The van der Waals surface area contributed by atoms with Crippen molar-refractivity contribution in [3.8, 4) is 5.88 Å². The first-order valence-electron chi connectivity index (χ1n) is 13.5. The van der Waals surface area contributed by atoms with Crippen molar-refractivity contribution in [2.24, 2.45) is 0 Å². The SMILES string of the molecule is COc1nccc(Nc2cncc3c2ccn3C(=O)OC(C)(C)C)c1C(=O)Nc1ccc(N2CCN(C)CC2)cc1. The van der Waals surface area contributed by atoms with Gasteiger partial charge in [0.2, 0.25) is 5.88 Å². The molecule has 11 heteroatoms. The molecule has 1 fully saturated rings. The van der Waals surface area contributed by atoms with E-state index in [0.29, 0.717) is 22.6 Å². The van der Waals surface area contributed by atoms with Crippen LogP contribution in [0.3, 0.4) is 0 Å². The standard InChI is InChI=1S/C30H35N7O4/c1-30(2,3)41-29(39)37-13-11-22-24(18-31-19-25(22)37)34-23-10-12-32-28(40-5)26(23)27(38)33-20-6-8-21(9-7-20)36-16-14-35(4)15-17-36/h6-13,18-19H,14-17H2,1-5H3,(H,32,34)(H,33,38). The minimum atomic E-state index is -0.641. The molecular weight excluding hydrogens is 522 g/mol. The lowest BCUT2D eigenvalue weighted by Crippen LogP contribution is -2.44. The lowest BCUT2D eigenvalue weighted by Gasteiger charge is -2.34. The summed E-state index contributed by atoms with van der Waals surface area (Å²) in [5, 5.41) is 6.99. The molecule has 0 aliphatic carbocycles. The summed E-state index contributed by atoms with van der Waals surface area (Å²) in [4.78, 5) is 39.5. The number of nitrogens with one attached hydrogen (secondary N) is 2. The molecule has 1 aromatic carbocycles. The predicted octanol–water partition coefficient (Wildman–Crippen LogP) is 4.97. The molecule has 4 heterocycles. The molecule has 41 heavy (non-hydrogen) atoms. The first-order chi connectivity index (χ1) is 19.6. The second kappa shape index (κ2) is 11.5. The average Bonchev–Trinajstić information content (AvgIpc) is 3.38. The summed E-state index contributed by atoms with van der Waals surface area (Å²) >= 11 is 0. The number of hydrogen-bond acceptors (Lipinski definition) is 9. The Labute approximate surface area is 239 Å². The number of likely N-dealkylation sites (N-methyl/N-ethyl adjacent to an activating group) is 1. The lowest BCUT2D eigenvalue weighted by atomic mass is 10.1. The molecule has 1 amide bonds. The van der Waals surface area contributed by atoms with Gasteiger partial charge in [0.1, 0.15) is 11.2 Å². The minimum absolute atomic E-state index is 0.174. The van der Waals surface area contributed by atoms with E-state index in [4.69, 9.17) is 9.47 Å². The van der Waals surface area contributed by atoms with E-state index >= 15 is 0 Å². The first kappa shape index (κ1) is 27.9. The number of aromatic nitrogens is 3. The Kier molecular flexibility index (Phi) is 7.80. The molecule has 0 bridgehead atoms. The lowest BCUT2D eigenvalue weighted by molar-refractivity contribution is 0.0544. The normalized spacial score (nSPS) is 14.1. The van der Waals surface area contributed by atoms with Crippen molar-refractivity contribution in [1.29, 1.82) is 0 Å². The number of benzene rings is 1. The van der Waals surface area contributed by atoms with E-state index in [1.54, 1.807) is 36.9 Å². The molecular formula is C30H35N7O4. The zero-order valence-electron chi connectivity index (χ0n) is 24.0. The molecule has 1 aliphatic heterocycles. The maximum Gasteiger partial charge on any atom is 0.419 e. The van der Waals surface area contributed by atoms with E-state index in [-0.39, 0.29) is 17.4 Å². The molecule has 3 aromatic heterocycles. The molecule has 4 aromatic rings. The third kappa shape index (κ3) is 6.25. The Morgan fingerprint density at radius 1 is 0.951 bits per heavy atom. The third-order valence-corrected chi connectivity index (χ3v) is 6.81. The van der Waals surface area contributed by atoms with Gasteiger partial charge >= 0.3 is 6.09 Å². The zero-order chi connectivity index (χ0) is 29.1. The highest BCUT2D eigenvalue weighted by Gasteiger charge is 2.23. The maximum atomic E-state index is 13.5. The number of nitrogens with zero attached hydrogens (tertiary/aromatic N) is 5. The van der Waals surface area contributed by atoms with Crippen molar-refractivity contribution in [3.63, 3.8) is 0 Å². The molecule has 1 saturated heterocycles. The Balaban J connectivity index is 1.39. The van der Waals surface area contributed by atoms with E-state index in [1.165, 1.54) is 11.7 Å². The summed E-state index contributed by atoms with van der Waals surface area (Å²) in [7, 11) is 3.60. The second-order valence-corrected chi connectivity index (χ2v) is 10.9. The van der Waals surface area contributed by atoms with Crippen molar-refractivity contribution < 1.29 is 19.1 Å². The van der Waals surface area contributed by atoms with Gasteiger partial charge in [-0.1, -0.05) is 0 Å². The topological polar surface area (TPSA) is 114 Å². The number of rotatable bonds is 6. The maximum absolute atomic E-state index is 13.5. The van der Waals surface area contributed by atoms with Gasteiger partial charge in [0, 0.05) is 55.3 Å². The largest absolute Gasteiger partial charge is 0.480 e. The molecule has 214 valence electrons. The van der Waals surface area contributed by atoms with Crippen molar-refractivity contribution in [2.75, 3.05) is 55.9 Å². The highest BCUT2D eigenvalue weighted by molar-refractivity contribution is 6.10. The predicted molar refractivity (Wildman–Crippen MR) is 160 cm³/mol. The molecule has 0 saturated carbocycles. The third-order valence-electron chi connectivity index (χ3n) is 6.81. The van der Waals surface area contributed by atoms with Gasteiger partial charge in [-0.25, -0.2) is 9.78 Å². The quantitative estimate of drug-likeness (QED) is 0.339. The number of methoxy groups -OCH3 is 1. The molecule has 11 nitrogen and oxygen atoms in total. The molecule has 0 radical (unpaired) electrons.